The molecular formula is C15H12NNaO3S2. The average Bonchev–Trinajstić information content (AvgIpc) is 2.67. The van der Waals surface area contributed by atoms with E-state index in [2.05, 4.69) is 0 Å². The fourth-order valence-electron chi connectivity index (χ4n) is 1.83. The van der Waals surface area contributed by atoms with Crippen molar-refractivity contribution in [2.45, 2.75) is 6.92 Å². The van der Waals surface area contributed by atoms with Gasteiger partial charge in [0, 0.05) is 0 Å². The summed E-state index contributed by atoms with van der Waals surface area (Å²) < 4.78 is 0.239. The first-order valence-corrected chi connectivity index (χ1v) is 7.38. The van der Waals surface area contributed by atoms with Crippen LogP contribution < -0.4 is 34.7 Å². The number of rotatable bonds is 4. The van der Waals surface area contributed by atoms with Crippen LogP contribution in [0.25, 0.3) is 6.08 Å². The summed E-state index contributed by atoms with van der Waals surface area (Å²) in [4.78, 5) is 24.1. The van der Waals surface area contributed by atoms with E-state index in [0.29, 0.717) is 4.91 Å². The Bertz CT molecular complexity index is 656. The van der Waals surface area contributed by atoms with Crippen molar-refractivity contribution in [1.82, 2.24) is 4.90 Å². The van der Waals surface area contributed by atoms with Gasteiger partial charge in [0.05, 0.1) is 17.4 Å². The first-order valence-electron chi connectivity index (χ1n) is 6.16. The number of hydrogen-bond donors (Lipinski definition) is 0. The number of amides is 1. The molecule has 0 radical (unpaired) electrons. The molecule has 1 fully saturated rings. The molecule has 0 N–H and O–H groups in total. The van der Waals surface area contributed by atoms with Crippen LogP contribution in [0, 0.1) is 0 Å². The molecule has 7 heteroatoms. The maximum absolute atomic E-state index is 12.1. The fraction of sp³-hybridized carbons (Fsp3) is 0.133. The number of nitrogens with zero attached hydrogens (tertiary/aromatic N) is 1. The van der Waals surface area contributed by atoms with Gasteiger partial charge in [0.15, 0.2) is 0 Å². The van der Waals surface area contributed by atoms with Crippen LogP contribution in [0.5, 0.6) is 0 Å². The van der Waals surface area contributed by atoms with E-state index in [-0.39, 0.29) is 33.9 Å². The van der Waals surface area contributed by atoms with Crippen molar-refractivity contribution in [1.29, 1.82) is 0 Å². The fourth-order valence-corrected chi connectivity index (χ4v) is 3.13. The van der Waals surface area contributed by atoms with E-state index in [4.69, 9.17) is 12.2 Å². The number of hydrogen-bond acceptors (Lipinski definition) is 5. The van der Waals surface area contributed by atoms with Crippen molar-refractivity contribution < 1.29 is 44.3 Å². The predicted octanol–water partition coefficient (Wildman–Crippen LogP) is -1.41. The van der Waals surface area contributed by atoms with Crippen molar-refractivity contribution in [3.05, 3.63) is 52.4 Å². The van der Waals surface area contributed by atoms with Crippen LogP contribution in [-0.4, -0.2) is 27.6 Å². The zero-order valence-corrected chi connectivity index (χ0v) is 15.9. The molecule has 22 heavy (non-hydrogen) atoms. The summed E-state index contributed by atoms with van der Waals surface area (Å²) >= 11 is 6.11. The second-order valence-electron chi connectivity index (χ2n) is 4.44. The van der Waals surface area contributed by atoms with Crippen molar-refractivity contribution in [3.63, 3.8) is 0 Å². The van der Waals surface area contributed by atoms with Crippen molar-refractivity contribution in [3.8, 4) is 0 Å². The third kappa shape index (κ3) is 5.07. The van der Waals surface area contributed by atoms with Crippen LogP contribution in [0.2, 0.25) is 0 Å². The number of thiocarbonyl (C=S) groups is 1. The van der Waals surface area contributed by atoms with Crippen molar-refractivity contribution >= 4 is 46.3 Å². The summed E-state index contributed by atoms with van der Waals surface area (Å²) in [6.07, 6.45) is 3.65. The van der Waals surface area contributed by atoms with Gasteiger partial charge in [-0.15, -0.1) is 0 Å². The number of allylic oxidation sites excluding steroid dienone is 2. The van der Waals surface area contributed by atoms with Crippen molar-refractivity contribution in [2.24, 2.45) is 0 Å². The van der Waals surface area contributed by atoms with Crippen LogP contribution in [-0.2, 0) is 9.59 Å². The van der Waals surface area contributed by atoms with Gasteiger partial charge >= 0.3 is 29.6 Å². The standard InChI is InChI=1S/C15H13NO3S2.Na/c1-10(7-11-5-3-2-4-6-11)8-12-14(19)16(9-13(17)18)15(20)21-12;/h2-8H,9H2,1H3,(H,17,18);/q;+1/p-1/b10-7+,12-8-;. The molecule has 0 aromatic heterocycles. The molecule has 1 aliphatic rings. The maximum Gasteiger partial charge on any atom is 1.00 e. The molecule has 1 aromatic carbocycles. The van der Waals surface area contributed by atoms with Crippen LogP contribution >= 0.6 is 24.0 Å². The Morgan fingerprint density at radius 2 is 2.00 bits per heavy atom. The molecule has 0 unspecified atom stereocenters. The number of carbonyl (C=O) groups is 2. The molecule has 0 aliphatic carbocycles. The zero-order chi connectivity index (χ0) is 15.4. The second kappa shape index (κ2) is 8.64. The smallest absolute Gasteiger partial charge is 0.548 e. The Hall–Kier alpha value is -0.920. The first kappa shape index (κ1) is 19.1. The number of carbonyl (C=O) groups excluding carboxylic acids is 2. The van der Waals surface area contributed by atoms with Gasteiger partial charge < -0.3 is 9.90 Å². The summed E-state index contributed by atoms with van der Waals surface area (Å²) in [5.41, 5.74) is 1.91. The molecule has 2 rings (SSSR count). The third-order valence-corrected chi connectivity index (χ3v) is 4.09. The van der Waals surface area contributed by atoms with E-state index >= 15 is 0 Å². The first-order chi connectivity index (χ1) is 9.97. The molecule has 0 spiro atoms. The minimum absolute atomic E-state index is 0. The average molecular weight is 341 g/mol. The molecule has 108 valence electrons. The third-order valence-electron chi connectivity index (χ3n) is 2.71. The molecule has 4 nitrogen and oxygen atoms in total. The van der Waals surface area contributed by atoms with E-state index in [1.165, 1.54) is 0 Å². The quantitative estimate of drug-likeness (QED) is 0.383. The van der Waals surface area contributed by atoms with Gasteiger partial charge in [-0.2, -0.15) is 0 Å². The minimum atomic E-state index is -1.33. The summed E-state index contributed by atoms with van der Waals surface area (Å²) in [5.74, 6) is -1.72. The summed E-state index contributed by atoms with van der Waals surface area (Å²) in [6, 6.07) is 9.70. The van der Waals surface area contributed by atoms with E-state index in [9.17, 15) is 14.7 Å². The number of thioether (sulfide) groups is 1. The van der Waals surface area contributed by atoms with Gasteiger partial charge in [-0.25, -0.2) is 0 Å². The molecular weight excluding hydrogens is 329 g/mol. The SMILES string of the molecule is CC(/C=C1\SC(=S)N(CC(=O)[O-])C1=O)=C\c1ccccc1.[Na+]. The van der Waals surface area contributed by atoms with E-state index < -0.39 is 18.4 Å². The van der Waals surface area contributed by atoms with E-state index in [1.54, 1.807) is 6.08 Å². The van der Waals surface area contributed by atoms with Gasteiger partial charge in [0.1, 0.15) is 4.32 Å². The topological polar surface area (TPSA) is 60.4 Å². The van der Waals surface area contributed by atoms with Crippen LogP contribution in [0.3, 0.4) is 0 Å². The van der Waals surface area contributed by atoms with Gasteiger partial charge in [-0.3, -0.25) is 9.69 Å². The zero-order valence-electron chi connectivity index (χ0n) is 12.2. The Labute approximate surface area is 160 Å². The molecule has 1 saturated heterocycles. The number of benzene rings is 1. The number of carboxylic acids is 1. The Balaban J connectivity index is 0.00000242. The number of carboxylic acid groups (broad SMARTS) is 1. The van der Waals surface area contributed by atoms with Gasteiger partial charge in [-0.1, -0.05) is 60.4 Å². The van der Waals surface area contributed by atoms with E-state index in [1.807, 2.05) is 43.3 Å². The van der Waals surface area contributed by atoms with Crippen LogP contribution in [0.15, 0.2) is 46.9 Å². The van der Waals surface area contributed by atoms with Gasteiger partial charge in [0.25, 0.3) is 5.91 Å². The number of aliphatic carboxylic acids is 1. The summed E-state index contributed by atoms with van der Waals surface area (Å²) in [5, 5.41) is 10.6. The largest absolute Gasteiger partial charge is 1.00 e. The van der Waals surface area contributed by atoms with Gasteiger partial charge in [0.2, 0.25) is 0 Å². The summed E-state index contributed by atoms with van der Waals surface area (Å²) in [7, 11) is 0. The normalized spacial score (nSPS) is 16.9. The maximum atomic E-state index is 12.1. The Morgan fingerprint density at radius 3 is 2.59 bits per heavy atom. The molecule has 0 atom stereocenters. The molecule has 0 saturated carbocycles. The minimum Gasteiger partial charge on any atom is -0.548 e. The predicted molar refractivity (Wildman–Crippen MR) is 85.1 cm³/mol. The molecule has 1 amide bonds. The Morgan fingerprint density at radius 1 is 1.36 bits per heavy atom. The van der Waals surface area contributed by atoms with E-state index in [0.717, 1.165) is 27.8 Å². The Kier molecular flexibility index (Phi) is 7.52. The molecule has 1 heterocycles. The molecule has 1 aliphatic heterocycles. The van der Waals surface area contributed by atoms with Crippen LogP contribution in [0.4, 0.5) is 0 Å². The second-order valence-corrected chi connectivity index (χ2v) is 6.11. The summed E-state index contributed by atoms with van der Waals surface area (Å²) in [6.45, 7) is 1.36. The monoisotopic (exact) mass is 341 g/mol. The van der Waals surface area contributed by atoms with Crippen molar-refractivity contribution in [2.75, 3.05) is 6.54 Å². The molecule has 1 aromatic rings. The van der Waals surface area contributed by atoms with Gasteiger partial charge in [-0.05, 0) is 24.1 Å². The van der Waals surface area contributed by atoms with Crippen LogP contribution in [0.1, 0.15) is 12.5 Å². The molecule has 0 bridgehead atoms.